The minimum absolute atomic E-state index is 0.203. The number of hydrogen-bond donors (Lipinski definition) is 0. The second-order valence-corrected chi connectivity index (χ2v) is 5.44. The quantitative estimate of drug-likeness (QED) is 0.507. The van der Waals surface area contributed by atoms with E-state index in [0.717, 1.165) is 6.42 Å². The molecule has 16 heavy (non-hydrogen) atoms. The zero-order chi connectivity index (χ0) is 11.6. The standard InChI is InChI=1S/C15H22O/c1-3-7-13(16)14-12(2)8-6-11-15(14)9-4-5-10-15/h3,6-7,11-12,14H,4-5,8-10H2,1-2H3/t12-,14+/m0/s1. The van der Waals surface area contributed by atoms with Crippen molar-refractivity contribution in [2.75, 3.05) is 0 Å². The van der Waals surface area contributed by atoms with Gasteiger partial charge < -0.3 is 0 Å². The zero-order valence-corrected chi connectivity index (χ0v) is 10.4. The Hall–Kier alpha value is -0.850. The van der Waals surface area contributed by atoms with Crippen LogP contribution in [0.4, 0.5) is 0 Å². The fourth-order valence-electron chi connectivity index (χ4n) is 3.67. The summed E-state index contributed by atoms with van der Waals surface area (Å²) in [5.41, 5.74) is 0.203. The van der Waals surface area contributed by atoms with Gasteiger partial charge in [0.2, 0.25) is 0 Å². The van der Waals surface area contributed by atoms with E-state index in [0.29, 0.717) is 11.7 Å². The Balaban J connectivity index is 2.30. The summed E-state index contributed by atoms with van der Waals surface area (Å²) < 4.78 is 0. The molecule has 0 unspecified atom stereocenters. The van der Waals surface area contributed by atoms with Crippen LogP contribution in [0.5, 0.6) is 0 Å². The largest absolute Gasteiger partial charge is 0.295 e. The highest BCUT2D eigenvalue weighted by Crippen LogP contribution is 2.51. The highest BCUT2D eigenvalue weighted by molar-refractivity contribution is 5.92. The molecular weight excluding hydrogens is 196 g/mol. The maximum absolute atomic E-state index is 12.2. The molecule has 0 aromatic heterocycles. The monoisotopic (exact) mass is 218 g/mol. The maximum atomic E-state index is 12.2. The Labute approximate surface area is 98.6 Å². The topological polar surface area (TPSA) is 17.1 Å². The Bertz CT molecular complexity index is 318. The first-order valence-corrected chi connectivity index (χ1v) is 6.54. The van der Waals surface area contributed by atoms with Crippen LogP contribution >= 0.6 is 0 Å². The van der Waals surface area contributed by atoms with Gasteiger partial charge in [-0.05, 0) is 43.6 Å². The maximum Gasteiger partial charge on any atom is 0.159 e. The number of carbonyl (C=O) groups excluding carboxylic acids is 1. The highest BCUT2D eigenvalue weighted by atomic mass is 16.1. The molecule has 0 amide bonds. The van der Waals surface area contributed by atoms with Crippen LogP contribution in [0.1, 0.15) is 46.0 Å². The SMILES string of the molecule is CC=CC(=O)[C@H]1[C@@H](C)CC=CC12CCCC2. The van der Waals surface area contributed by atoms with Crippen molar-refractivity contribution in [3.05, 3.63) is 24.3 Å². The van der Waals surface area contributed by atoms with Crippen LogP contribution in [0.2, 0.25) is 0 Å². The van der Waals surface area contributed by atoms with E-state index in [1.807, 2.05) is 13.0 Å². The second kappa shape index (κ2) is 4.57. The van der Waals surface area contributed by atoms with E-state index in [-0.39, 0.29) is 11.3 Å². The Kier molecular flexibility index (Phi) is 3.32. The molecule has 0 N–H and O–H groups in total. The second-order valence-electron chi connectivity index (χ2n) is 5.44. The number of rotatable bonds is 2. The van der Waals surface area contributed by atoms with Crippen LogP contribution in [-0.4, -0.2) is 5.78 Å². The molecule has 88 valence electrons. The molecule has 1 heteroatoms. The van der Waals surface area contributed by atoms with Crippen molar-refractivity contribution >= 4 is 5.78 Å². The molecule has 0 aromatic carbocycles. The normalized spacial score (nSPS) is 32.6. The van der Waals surface area contributed by atoms with E-state index in [2.05, 4.69) is 19.1 Å². The van der Waals surface area contributed by atoms with E-state index in [1.165, 1.54) is 25.7 Å². The van der Waals surface area contributed by atoms with E-state index >= 15 is 0 Å². The summed E-state index contributed by atoms with van der Waals surface area (Å²) in [6, 6.07) is 0. The van der Waals surface area contributed by atoms with Crippen LogP contribution in [-0.2, 0) is 4.79 Å². The fourth-order valence-corrected chi connectivity index (χ4v) is 3.67. The molecule has 0 aromatic rings. The van der Waals surface area contributed by atoms with Crippen molar-refractivity contribution in [2.24, 2.45) is 17.3 Å². The lowest BCUT2D eigenvalue weighted by molar-refractivity contribution is -0.123. The van der Waals surface area contributed by atoms with Crippen molar-refractivity contribution in [3.8, 4) is 0 Å². The van der Waals surface area contributed by atoms with Gasteiger partial charge in [0.15, 0.2) is 5.78 Å². The molecule has 1 fully saturated rings. The molecule has 0 aliphatic heterocycles. The van der Waals surface area contributed by atoms with Gasteiger partial charge in [-0.3, -0.25) is 4.79 Å². The lowest BCUT2D eigenvalue weighted by atomic mass is 9.63. The molecule has 0 radical (unpaired) electrons. The van der Waals surface area contributed by atoms with Crippen molar-refractivity contribution in [3.63, 3.8) is 0 Å². The van der Waals surface area contributed by atoms with Crippen LogP contribution in [0, 0.1) is 17.3 Å². The van der Waals surface area contributed by atoms with E-state index in [9.17, 15) is 4.79 Å². The molecule has 1 spiro atoms. The average molecular weight is 218 g/mol. The third-order valence-corrected chi connectivity index (χ3v) is 4.32. The number of allylic oxidation sites excluding steroid dienone is 4. The minimum atomic E-state index is 0.203. The lowest BCUT2D eigenvalue weighted by Crippen LogP contribution is -2.38. The van der Waals surface area contributed by atoms with Crippen LogP contribution < -0.4 is 0 Å². The predicted molar refractivity (Wildman–Crippen MR) is 67.1 cm³/mol. The van der Waals surface area contributed by atoms with Gasteiger partial charge in [-0.1, -0.05) is 38.0 Å². The summed E-state index contributed by atoms with van der Waals surface area (Å²) >= 11 is 0. The first-order chi connectivity index (χ1) is 7.69. The van der Waals surface area contributed by atoms with Gasteiger partial charge in [0.25, 0.3) is 0 Å². The number of ketones is 1. The van der Waals surface area contributed by atoms with Crippen LogP contribution in [0.15, 0.2) is 24.3 Å². The molecule has 0 saturated heterocycles. The van der Waals surface area contributed by atoms with E-state index in [1.54, 1.807) is 6.08 Å². The Morgan fingerprint density at radius 1 is 1.38 bits per heavy atom. The smallest absolute Gasteiger partial charge is 0.159 e. The molecule has 2 aliphatic rings. The van der Waals surface area contributed by atoms with Gasteiger partial charge >= 0.3 is 0 Å². The highest BCUT2D eigenvalue weighted by Gasteiger charge is 2.45. The van der Waals surface area contributed by atoms with E-state index in [4.69, 9.17) is 0 Å². The van der Waals surface area contributed by atoms with Gasteiger partial charge in [-0.25, -0.2) is 0 Å². The Morgan fingerprint density at radius 2 is 2.06 bits per heavy atom. The molecule has 0 bridgehead atoms. The summed E-state index contributed by atoms with van der Waals surface area (Å²) in [6.45, 7) is 4.16. The molecule has 1 saturated carbocycles. The number of hydrogen-bond acceptors (Lipinski definition) is 1. The van der Waals surface area contributed by atoms with Crippen molar-refractivity contribution in [1.82, 2.24) is 0 Å². The van der Waals surface area contributed by atoms with Gasteiger partial charge in [-0.2, -0.15) is 0 Å². The van der Waals surface area contributed by atoms with Crippen LogP contribution in [0.25, 0.3) is 0 Å². The van der Waals surface area contributed by atoms with Gasteiger partial charge in [0.1, 0.15) is 0 Å². The summed E-state index contributed by atoms with van der Waals surface area (Å²) in [5.74, 6) is 1.09. The summed E-state index contributed by atoms with van der Waals surface area (Å²) in [4.78, 5) is 12.2. The van der Waals surface area contributed by atoms with Crippen LogP contribution in [0.3, 0.4) is 0 Å². The number of carbonyl (C=O) groups is 1. The molecule has 2 aliphatic carbocycles. The third-order valence-electron chi connectivity index (χ3n) is 4.32. The van der Waals surface area contributed by atoms with Crippen molar-refractivity contribution in [1.29, 1.82) is 0 Å². The zero-order valence-electron chi connectivity index (χ0n) is 10.4. The minimum Gasteiger partial charge on any atom is -0.295 e. The average Bonchev–Trinajstić information content (AvgIpc) is 2.67. The lowest BCUT2D eigenvalue weighted by Gasteiger charge is -2.40. The molecule has 1 nitrogen and oxygen atoms in total. The van der Waals surface area contributed by atoms with E-state index < -0.39 is 0 Å². The van der Waals surface area contributed by atoms with Crippen molar-refractivity contribution < 1.29 is 4.79 Å². The molecular formula is C15H22O. The predicted octanol–water partition coefficient (Wildman–Crippen LogP) is 3.90. The third kappa shape index (κ3) is 1.88. The fraction of sp³-hybridized carbons (Fsp3) is 0.667. The molecule has 2 rings (SSSR count). The first kappa shape index (κ1) is 11.6. The molecule has 2 atom stereocenters. The van der Waals surface area contributed by atoms with Gasteiger partial charge in [-0.15, -0.1) is 0 Å². The summed E-state index contributed by atoms with van der Waals surface area (Å²) in [6.07, 6.45) is 14.4. The van der Waals surface area contributed by atoms with Gasteiger partial charge in [0.05, 0.1) is 0 Å². The first-order valence-electron chi connectivity index (χ1n) is 6.54. The summed E-state index contributed by atoms with van der Waals surface area (Å²) in [5, 5.41) is 0. The summed E-state index contributed by atoms with van der Waals surface area (Å²) in [7, 11) is 0. The van der Waals surface area contributed by atoms with Crippen molar-refractivity contribution in [2.45, 2.75) is 46.0 Å². The molecule has 0 heterocycles. The Morgan fingerprint density at radius 3 is 2.69 bits per heavy atom. The van der Waals surface area contributed by atoms with Gasteiger partial charge in [0, 0.05) is 5.92 Å².